The quantitative estimate of drug-likeness (QED) is 0.644. The average Bonchev–Trinajstić information content (AvgIpc) is 3.21. The van der Waals surface area contributed by atoms with Crippen LogP contribution in [0.2, 0.25) is 0 Å². The molecule has 2 aliphatic rings. The Kier molecular flexibility index (Phi) is 6.32. The molecule has 0 aliphatic carbocycles. The molecular formula is C22H29F3N4O3. The monoisotopic (exact) mass is 454 g/mol. The molecule has 176 valence electrons. The molecule has 4 rings (SSSR count). The number of halogens is 3. The third-order valence-corrected chi connectivity index (χ3v) is 6.72. The Hall–Kier alpha value is -2.01. The lowest BCUT2D eigenvalue weighted by molar-refractivity contribution is -0.137. The second kappa shape index (κ2) is 8.74. The zero-order chi connectivity index (χ0) is 23.0. The average molecular weight is 454 g/mol. The summed E-state index contributed by atoms with van der Waals surface area (Å²) in [7, 11) is 0. The van der Waals surface area contributed by atoms with Gasteiger partial charge in [-0.2, -0.15) is 13.2 Å². The van der Waals surface area contributed by atoms with E-state index in [-0.39, 0.29) is 30.5 Å². The fourth-order valence-electron chi connectivity index (χ4n) is 4.85. The Morgan fingerprint density at radius 2 is 1.88 bits per heavy atom. The highest BCUT2D eigenvalue weighted by atomic mass is 19.4. The molecule has 3 heterocycles. The molecule has 10 heteroatoms. The van der Waals surface area contributed by atoms with Crippen molar-refractivity contribution < 1.29 is 28.1 Å². The summed E-state index contributed by atoms with van der Waals surface area (Å²) >= 11 is 0. The lowest BCUT2D eigenvalue weighted by atomic mass is 9.78. The fraction of sp³-hybridized carbons (Fsp3) is 0.636. The molecule has 1 aromatic carbocycles. The molecule has 2 aromatic rings. The Morgan fingerprint density at radius 1 is 1.19 bits per heavy atom. The van der Waals surface area contributed by atoms with Crippen molar-refractivity contribution in [2.45, 2.75) is 63.0 Å². The summed E-state index contributed by atoms with van der Waals surface area (Å²) in [5.41, 5.74) is -1.20. The topological polar surface area (TPSA) is 92.4 Å². The Balaban J connectivity index is 1.51. The smallest absolute Gasteiger partial charge is 0.396 e. The van der Waals surface area contributed by atoms with E-state index >= 15 is 0 Å². The number of hydrogen-bond acceptors (Lipinski definition) is 6. The van der Waals surface area contributed by atoms with Crippen LogP contribution in [-0.2, 0) is 23.1 Å². The van der Waals surface area contributed by atoms with Gasteiger partial charge in [0.15, 0.2) is 0 Å². The number of aromatic nitrogens is 3. The largest absolute Gasteiger partial charge is 0.416 e. The molecule has 0 saturated carbocycles. The minimum Gasteiger partial charge on any atom is -0.396 e. The minimum absolute atomic E-state index is 0.0396. The maximum atomic E-state index is 12.9. The number of nitrogens with one attached hydrogen (secondary N) is 1. The van der Waals surface area contributed by atoms with Crippen molar-refractivity contribution in [3.63, 3.8) is 0 Å². The van der Waals surface area contributed by atoms with Crippen LogP contribution in [0.5, 0.6) is 0 Å². The molecule has 32 heavy (non-hydrogen) atoms. The van der Waals surface area contributed by atoms with Crippen molar-refractivity contribution in [3.8, 4) is 0 Å². The number of rotatable bonds is 5. The number of aliphatic hydroxyl groups is 2. The van der Waals surface area contributed by atoms with Crippen LogP contribution in [0.4, 0.5) is 13.2 Å². The van der Waals surface area contributed by atoms with Gasteiger partial charge < -0.3 is 20.3 Å². The molecule has 1 aromatic heterocycles. The van der Waals surface area contributed by atoms with Crippen LogP contribution in [0.3, 0.4) is 0 Å². The first-order valence-electron chi connectivity index (χ1n) is 10.9. The van der Waals surface area contributed by atoms with Crippen molar-refractivity contribution in [2.75, 3.05) is 19.8 Å². The summed E-state index contributed by atoms with van der Waals surface area (Å²) < 4.78 is 45.9. The lowest BCUT2D eigenvalue weighted by Gasteiger charge is -2.41. The SMILES string of the molecule is C[C@H]1CC(O)(c2ccc(C(F)(F)F)cc2)C[C@@H](c2cn(CC3(CO)CCOCC3)nn2)N1. The third-order valence-electron chi connectivity index (χ3n) is 6.72. The minimum atomic E-state index is -4.42. The van der Waals surface area contributed by atoms with E-state index in [4.69, 9.17) is 4.74 Å². The van der Waals surface area contributed by atoms with E-state index in [9.17, 15) is 23.4 Å². The first-order chi connectivity index (χ1) is 15.1. The van der Waals surface area contributed by atoms with Crippen molar-refractivity contribution in [3.05, 3.63) is 47.3 Å². The van der Waals surface area contributed by atoms with Crippen molar-refractivity contribution >= 4 is 0 Å². The molecule has 0 radical (unpaired) electrons. The number of ether oxygens (including phenoxy) is 1. The molecule has 2 fully saturated rings. The van der Waals surface area contributed by atoms with Gasteiger partial charge in [0.2, 0.25) is 0 Å². The van der Waals surface area contributed by atoms with Crippen LogP contribution in [-0.4, -0.2) is 51.1 Å². The maximum absolute atomic E-state index is 12.9. The van der Waals surface area contributed by atoms with Gasteiger partial charge in [0.05, 0.1) is 42.2 Å². The van der Waals surface area contributed by atoms with E-state index in [1.807, 2.05) is 13.1 Å². The second-order valence-corrected chi connectivity index (χ2v) is 9.25. The maximum Gasteiger partial charge on any atom is 0.416 e. The Bertz CT molecular complexity index is 912. The second-order valence-electron chi connectivity index (χ2n) is 9.25. The number of nitrogens with zero attached hydrogens (tertiary/aromatic N) is 3. The predicted molar refractivity (Wildman–Crippen MR) is 110 cm³/mol. The van der Waals surface area contributed by atoms with Crippen molar-refractivity contribution in [1.29, 1.82) is 0 Å². The van der Waals surface area contributed by atoms with Gasteiger partial charge in [0.25, 0.3) is 0 Å². The summed E-state index contributed by atoms with van der Waals surface area (Å²) in [5, 5.41) is 33.2. The van der Waals surface area contributed by atoms with Gasteiger partial charge >= 0.3 is 6.18 Å². The summed E-state index contributed by atoms with van der Waals surface area (Å²) in [6, 6.07) is 4.33. The number of alkyl halides is 3. The molecule has 0 bridgehead atoms. The van der Waals surface area contributed by atoms with Gasteiger partial charge in [-0.1, -0.05) is 17.3 Å². The Labute approximate surface area is 184 Å². The van der Waals surface area contributed by atoms with Crippen molar-refractivity contribution in [1.82, 2.24) is 20.3 Å². The molecule has 3 atom stereocenters. The van der Waals surface area contributed by atoms with Gasteiger partial charge in [-0.25, -0.2) is 0 Å². The summed E-state index contributed by atoms with van der Waals surface area (Å²) in [4.78, 5) is 0. The van der Waals surface area contributed by atoms with Gasteiger partial charge in [0, 0.05) is 31.1 Å². The summed E-state index contributed by atoms with van der Waals surface area (Å²) in [6.45, 7) is 3.69. The molecular weight excluding hydrogens is 425 g/mol. The predicted octanol–water partition coefficient (Wildman–Crippen LogP) is 2.79. The molecule has 2 saturated heterocycles. The molecule has 7 nitrogen and oxygen atoms in total. The Morgan fingerprint density at radius 3 is 2.50 bits per heavy atom. The van der Waals surface area contributed by atoms with E-state index in [0.717, 1.165) is 25.0 Å². The lowest BCUT2D eigenvalue weighted by Crippen LogP contribution is -2.47. The number of hydrogen-bond donors (Lipinski definition) is 3. The van der Waals surface area contributed by atoms with Crippen LogP contribution >= 0.6 is 0 Å². The molecule has 0 spiro atoms. The first-order valence-corrected chi connectivity index (χ1v) is 10.9. The van der Waals surface area contributed by atoms with E-state index in [1.165, 1.54) is 12.1 Å². The van der Waals surface area contributed by atoms with Gasteiger partial charge in [-0.05, 0) is 43.9 Å². The summed E-state index contributed by atoms with van der Waals surface area (Å²) in [6.07, 6.45) is -0.483. The van der Waals surface area contributed by atoms with Gasteiger partial charge in [0.1, 0.15) is 0 Å². The highest BCUT2D eigenvalue weighted by Crippen LogP contribution is 2.41. The highest BCUT2D eigenvalue weighted by molar-refractivity contribution is 5.30. The highest BCUT2D eigenvalue weighted by Gasteiger charge is 2.41. The number of benzene rings is 1. The van der Waals surface area contributed by atoms with Crippen LogP contribution in [0.1, 0.15) is 55.5 Å². The van der Waals surface area contributed by atoms with E-state index < -0.39 is 17.3 Å². The van der Waals surface area contributed by atoms with Crippen molar-refractivity contribution in [2.24, 2.45) is 5.41 Å². The van der Waals surface area contributed by atoms with Gasteiger partial charge in [-0.15, -0.1) is 5.10 Å². The third kappa shape index (κ3) is 4.83. The van der Waals surface area contributed by atoms with E-state index in [1.54, 1.807) is 4.68 Å². The molecule has 2 aliphatic heterocycles. The van der Waals surface area contributed by atoms with Gasteiger partial charge in [-0.3, -0.25) is 4.68 Å². The standard InChI is InChI=1S/C22H29F3N4O3/c1-15-10-21(31,16-2-4-17(5-3-16)22(23,24)25)11-18(26-15)19-12-29(28-27-19)13-20(14-30)6-8-32-9-7-20/h2-5,12,15,18,26,30-31H,6-11,13-14H2,1H3/t15-,18-,21?/m0/s1. The molecule has 1 unspecified atom stereocenters. The van der Waals surface area contributed by atoms with Crippen LogP contribution < -0.4 is 5.32 Å². The van der Waals surface area contributed by atoms with E-state index in [2.05, 4.69) is 15.6 Å². The van der Waals surface area contributed by atoms with Crippen LogP contribution in [0.25, 0.3) is 0 Å². The number of piperidine rings is 1. The fourth-order valence-corrected chi connectivity index (χ4v) is 4.85. The molecule has 0 amide bonds. The normalized spacial score (nSPS) is 28.6. The summed E-state index contributed by atoms with van der Waals surface area (Å²) in [5.74, 6) is 0. The first kappa shape index (κ1) is 23.2. The number of aliphatic hydroxyl groups excluding tert-OH is 1. The van der Waals surface area contributed by atoms with Crippen LogP contribution in [0, 0.1) is 5.41 Å². The zero-order valence-corrected chi connectivity index (χ0v) is 18.0. The molecule has 3 N–H and O–H groups in total. The zero-order valence-electron chi connectivity index (χ0n) is 18.0. The van der Waals surface area contributed by atoms with Crippen LogP contribution in [0.15, 0.2) is 30.5 Å². The van der Waals surface area contributed by atoms with E-state index in [0.29, 0.717) is 37.4 Å².